The monoisotopic (exact) mass is 407 g/mol. The number of ether oxygens (including phenoxy) is 2. The molecule has 2 aromatic carbocycles. The Morgan fingerprint density at radius 2 is 1.92 bits per heavy atom. The van der Waals surface area contributed by atoms with Crippen molar-refractivity contribution in [3.63, 3.8) is 0 Å². The summed E-state index contributed by atoms with van der Waals surface area (Å²) in [6.45, 7) is 2.24. The van der Waals surface area contributed by atoms with Gasteiger partial charge in [0.1, 0.15) is 11.5 Å². The van der Waals surface area contributed by atoms with E-state index in [2.05, 4.69) is 22.0 Å². The lowest BCUT2D eigenvalue weighted by Gasteiger charge is -2.02. The first-order valence-corrected chi connectivity index (χ1v) is 8.81. The summed E-state index contributed by atoms with van der Waals surface area (Å²) >= 11 is 3.54. The van der Waals surface area contributed by atoms with Crippen molar-refractivity contribution < 1.29 is 13.9 Å². The molecule has 0 unspecified atom stereocenters. The normalized spacial score (nSPS) is 12.9. The Kier molecular flexibility index (Phi) is 4.27. The zero-order valence-corrected chi connectivity index (χ0v) is 15.5. The van der Waals surface area contributed by atoms with Crippen LogP contribution in [-0.4, -0.2) is 6.79 Å². The van der Waals surface area contributed by atoms with Crippen LogP contribution in [0, 0.1) is 18.3 Å². The average Bonchev–Trinajstić information content (AvgIpc) is 3.30. The van der Waals surface area contributed by atoms with E-state index in [0.29, 0.717) is 22.8 Å². The summed E-state index contributed by atoms with van der Waals surface area (Å²) in [6.07, 6.45) is 1.73. The van der Waals surface area contributed by atoms with Crippen LogP contribution in [-0.2, 0) is 0 Å². The molecule has 0 aliphatic carbocycles. The summed E-state index contributed by atoms with van der Waals surface area (Å²) in [6, 6.07) is 17.5. The smallest absolute Gasteiger partial charge is 0.231 e. The number of nitrogens with zero attached hydrogens (tertiary/aromatic N) is 1. The predicted molar refractivity (Wildman–Crippen MR) is 103 cm³/mol. The molecule has 1 aromatic heterocycles. The molecule has 128 valence electrons. The molecule has 0 saturated heterocycles. The molecule has 5 heteroatoms. The first kappa shape index (κ1) is 16.5. The molecule has 0 bridgehead atoms. The molecule has 0 N–H and O–H groups in total. The summed E-state index contributed by atoms with van der Waals surface area (Å²) in [5.74, 6) is 2.70. The predicted octanol–water partition coefficient (Wildman–Crippen LogP) is 5.81. The van der Waals surface area contributed by atoms with Gasteiger partial charge in [0.05, 0.1) is 11.6 Å². The van der Waals surface area contributed by atoms with Crippen LogP contribution in [0.4, 0.5) is 0 Å². The third kappa shape index (κ3) is 3.12. The summed E-state index contributed by atoms with van der Waals surface area (Å²) in [5, 5.41) is 9.54. The standard InChI is InChI=1S/C21H14BrNO3/c1-13-2-3-15(9-18(13)22)19-7-5-17(26-19)8-16(11-23)14-4-6-20-21(10-14)25-12-24-20/h2-10H,12H2,1H3/b16-8-. The minimum atomic E-state index is 0.206. The molecule has 0 radical (unpaired) electrons. The highest BCUT2D eigenvalue weighted by Crippen LogP contribution is 2.35. The van der Waals surface area contributed by atoms with E-state index >= 15 is 0 Å². The number of aryl methyl sites for hydroxylation is 1. The molecule has 1 aliphatic heterocycles. The number of benzene rings is 2. The van der Waals surface area contributed by atoms with E-state index in [-0.39, 0.29) is 6.79 Å². The third-order valence-electron chi connectivity index (χ3n) is 4.17. The maximum Gasteiger partial charge on any atom is 0.231 e. The number of hydrogen-bond acceptors (Lipinski definition) is 4. The average molecular weight is 408 g/mol. The second-order valence-corrected chi connectivity index (χ2v) is 6.76. The lowest BCUT2D eigenvalue weighted by Crippen LogP contribution is -1.92. The third-order valence-corrected chi connectivity index (χ3v) is 5.03. The molecule has 0 atom stereocenters. The van der Waals surface area contributed by atoms with Crippen molar-refractivity contribution in [2.45, 2.75) is 6.92 Å². The maximum absolute atomic E-state index is 9.54. The number of allylic oxidation sites excluding steroid dienone is 1. The Bertz CT molecular complexity index is 1060. The van der Waals surface area contributed by atoms with Crippen LogP contribution in [0.1, 0.15) is 16.9 Å². The Morgan fingerprint density at radius 1 is 1.08 bits per heavy atom. The molecule has 26 heavy (non-hydrogen) atoms. The molecule has 0 spiro atoms. The number of fused-ring (bicyclic) bond motifs is 1. The quantitative estimate of drug-likeness (QED) is 0.513. The van der Waals surface area contributed by atoms with E-state index in [1.54, 1.807) is 18.2 Å². The largest absolute Gasteiger partial charge is 0.457 e. The zero-order valence-electron chi connectivity index (χ0n) is 14.0. The van der Waals surface area contributed by atoms with Gasteiger partial charge in [-0.3, -0.25) is 0 Å². The van der Waals surface area contributed by atoms with Gasteiger partial charge in [-0.05, 0) is 60.5 Å². The SMILES string of the molecule is Cc1ccc(-c2ccc(/C=C(/C#N)c3ccc4c(c3)OCO4)o2)cc1Br. The Hall–Kier alpha value is -2.97. The van der Waals surface area contributed by atoms with Crippen LogP contribution in [0.5, 0.6) is 11.5 Å². The number of hydrogen-bond donors (Lipinski definition) is 0. The molecule has 0 fully saturated rings. The van der Waals surface area contributed by atoms with E-state index in [4.69, 9.17) is 13.9 Å². The topological polar surface area (TPSA) is 55.4 Å². The van der Waals surface area contributed by atoms with Crippen LogP contribution in [0.3, 0.4) is 0 Å². The van der Waals surface area contributed by atoms with E-state index < -0.39 is 0 Å². The molecule has 4 nitrogen and oxygen atoms in total. The Labute approximate surface area is 159 Å². The van der Waals surface area contributed by atoms with Gasteiger partial charge in [-0.15, -0.1) is 0 Å². The fourth-order valence-corrected chi connectivity index (χ4v) is 3.10. The summed E-state index contributed by atoms with van der Waals surface area (Å²) in [4.78, 5) is 0. The number of halogens is 1. The van der Waals surface area contributed by atoms with Crippen molar-refractivity contribution in [2.24, 2.45) is 0 Å². The number of rotatable bonds is 3. The van der Waals surface area contributed by atoms with Crippen molar-refractivity contribution in [3.8, 4) is 28.9 Å². The van der Waals surface area contributed by atoms with Crippen molar-refractivity contribution in [1.82, 2.24) is 0 Å². The van der Waals surface area contributed by atoms with Crippen molar-refractivity contribution in [1.29, 1.82) is 5.26 Å². The molecule has 2 heterocycles. The second kappa shape index (κ2) is 6.74. The van der Waals surface area contributed by atoms with Crippen LogP contribution in [0.15, 0.2) is 57.4 Å². The fraction of sp³-hybridized carbons (Fsp3) is 0.0952. The minimum absolute atomic E-state index is 0.206. The van der Waals surface area contributed by atoms with Gasteiger partial charge in [0.15, 0.2) is 11.5 Å². The highest BCUT2D eigenvalue weighted by molar-refractivity contribution is 9.10. The summed E-state index contributed by atoms with van der Waals surface area (Å²) in [7, 11) is 0. The zero-order chi connectivity index (χ0) is 18.1. The first-order chi connectivity index (χ1) is 12.6. The number of furan rings is 1. The summed E-state index contributed by atoms with van der Waals surface area (Å²) < 4.78 is 17.6. The van der Waals surface area contributed by atoms with Crippen molar-refractivity contribution in [2.75, 3.05) is 6.79 Å². The van der Waals surface area contributed by atoms with Crippen molar-refractivity contribution in [3.05, 3.63) is 69.9 Å². The van der Waals surface area contributed by atoms with Crippen LogP contribution in [0.2, 0.25) is 0 Å². The molecule has 0 amide bonds. The molecule has 4 rings (SSSR count). The van der Waals surface area contributed by atoms with Crippen molar-refractivity contribution >= 4 is 27.6 Å². The van der Waals surface area contributed by atoms with Gasteiger partial charge in [0.2, 0.25) is 6.79 Å². The molecule has 3 aromatic rings. The lowest BCUT2D eigenvalue weighted by atomic mass is 10.1. The molecular weight excluding hydrogens is 394 g/mol. The van der Waals surface area contributed by atoms with Gasteiger partial charge in [-0.2, -0.15) is 5.26 Å². The van der Waals surface area contributed by atoms with Gasteiger partial charge < -0.3 is 13.9 Å². The van der Waals surface area contributed by atoms with Gasteiger partial charge >= 0.3 is 0 Å². The van der Waals surface area contributed by atoms with E-state index in [1.165, 1.54) is 0 Å². The Morgan fingerprint density at radius 3 is 2.73 bits per heavy atom. The van der Waals surface area contributed by atoms with Crippen LogP contribution >= 0.6 is 15.9 Å². The number of nitriles is 1. The molecular formula is C21H14BrNO3. The van der Waals surface area contributed by atoms with E-state index in [1.807, 2.05) is 43.3 Å². The molecule has 0 saturated carbocycles. The van der Waals surface area contributed by atoms with E-state index in [0.717, 1.165) is 26.9 Å². The second-order valence-electron chi connectivity index (χ2n) is 5.90. The van der Waals surface area contributed by atoms with Gasteiger partial charge in [0, 0.05) is 10.0 Å². The lowest BCUT2D eigenvalue weighted by molar-refractivity contribution is 0.174. The summed E-state index contributed by atoms with van der Waals surface area (Å²) in [5.41, 5.74) is 3.39. The first-order valence-electron chi connectivity index (χ1n) is 8.02. The van der Waals surface area contributed by atoms with Crippen LogP contribution < -0.4 is 9.47 Å². The maximum atomic E-state index is 9.54. The van der Waals surface area contributed by atoms with Gasteiger partial charge in [-0.25, -0.2) is 0 Å². The minimum Gasteiger partial charge on any atom is -0.457 e. The van der Waals surface area contributed by atoms with E-state index in [9.17, 15) is 5.26 Å². The highest BCUT2D eigenvalue weighted by atomic mass is 79.9. The highest BCUT2D eigenvalue weighted by Gasteiger charge is 2.15. The molecule has 1 aliphatic rings. The fourth-order valence-electron chi connectivity index (χ4n) is 2.72. The van der Waals surface area contributed by atoms with Gasteiger partial charge in [-0.1, -0.05) is 28.1 Å². The Balaban J connectivity index is 1.66. The van der Waals surface area contributed by atoms with Gasteiger partial charge in [0.25, 0.3) is 0 Å². The van der Waals surface area contributed by atoms with Crippen LogP contribution in [0.25, 0.3) is 23.0 Å².